The van der Waals surface area contributed by atoms with E-state index < -0.39 is 14.6 Å². The average molecular weight is 221 g/mol. The number of nitrogens with two attached hydrogens (primary N) is 1. The fourth-order valence-electron chi connectivity index (χ4n) is 1.17. The van der Waals surface area contributed by atoms with Gasteiger partial charge in [0.25, 0.3) is 0 Å². The summed E-state index contributed by atoms with van der Waals surface area (Å²) >= 11 is 0. The minimum absolute atomic E-state index is 0.211. The lowest BCUT2D eigenvalue weighted by Gasteiger charge is -2.21. The van der Waals surface area contributed by atoms with Gasteiger partial charge in [-0.05, 0) is 46.1 Å². The lowest BCUT2D eigenvalue weighted by Crippen LogP contribution is -2.32. The topological polar surface area (TPSA) is 60.2 Å². The van der Waals surface area contributed by atoms with Crippen LogP contribution in [-0.4, -0.2) is 25.5 Å². The third kappa shape index (κ3) is 4.42. The number of rotatable bonds is 5. The normalized spacial score (nSPS) is 15.5. The van der Waals surface area contributed by atoms with E-state index in [1.807, 2.05) is 6.92 Å². The first kappa shape index (κ1) is 13.9. The predicted molar refractivity (Wildman–Crippen MR) is 61.0 cm³/mol. The predicted octanol–water partition coefficient (Wildman–Crippen LogP) is 1.57. The molecule has 86 valence electrons. The zero-order valence-electron chi connectivity index (χ0n) is 9.71. The minimum Gasteiger partial charge on any atom is -0.330 e. The summed E-state index contributed by atoms with van der Waals surface area (Å²) in [6, 6.07) is 0. The summed E-state index contributed by atoms with van der Waals surface area (Å²) < 4.78 is 23.0. The van der Waals surface area contributed by atoms with E-state index in [1.54, 1.807) is 20.8 Å². The van der Waals surface area contributed by atoms with Gasteiger partial charge >= 0.3 is 0 Å². The SMILES string of the molecule is CC(CCCN)CS(=O)(=O)C(C)(C)C. The summed E-state index contributed by atoms with van der Waals surface area (Å²) in [4.78, 5) is 0. The van der Waals surface area contributed by atoms with E-state index in [9.17, 15) is 8.42 Å². The van der Waals surface area contributed by atoms with Gasteiger partial charge in [0.2, 0.25) is 0 Å². The van der Waals surface area contributed by atoms with Gasteiger partial charge in [-0.25, -0.2) is 8.42 Å². The van der Waals surface area contributed by atoms with Crippen LogP contribution in [0.4, 0.5) is 0 Å². The van der Waals surface area contributed by atoms with Crippen molar-refractivity contribution >= 4 is 9.84 Å². The maximum Gasteiger partial charge on any atom is 0.155 e. The van der Waals surface area contributed by atoms with Crippen LogP contribution >= 0.6 is 0 Å². The van der Waals surface area contributed by atoms with E-state index in [0.29, 0.717) is 6.54 Å². The molecule has 14 heavy (non-hydrogen) atoms. The fraction of sp³-hybridized carbons (Fsp3) is 1.00. The summed E-state index contributed by atoms with van der Waals surface area (Å²) in [5.74, 6) is 0.485. The van der Waals surface area contributed by atoms with Crippen LogP contribution in [0, 0.1) is 5.92 Å². The molecule has 0 saturated carbocycles. The lowest BCUT2D eigenvalue weighted by molar-refractivity contribution is 0.518. The smallest absolute Gasteiger partial charge is 0.155 e. The standard InChI is InChI=1S/C10H23NO2S/c1-9(6-5-7-11)8-14(12,13)10(2,3)4/h9H,5-8,11H2,1-4H3. The van der Waals surface area contributed by atoms with Crippen molar-refractivity contribution in [1.29, 1.82) is 0 Å². The van der Waals surface area contributed by atoms with Crippen LogP contribution in [0.2, 0.25) is 0 Å². The largest absolute Gasteiger partial charge is 0.330 e. The highest BCUT2D eigenvalue weighted by atomic mass is 32.2. The number of hydrogen-bond donors (Lipinski definition) is 1. The molecule has 0 aliphatic rings. The summed E-state index contributed by atoms with van der Waals surface area (Å²) in [5, 5.41) is 0. The Morgan fingerprint density at radius 1 is 1.29 bits per heavy atom. The minimum atomic E-state index is -2.97. The molecule has 0 radical (unpaired) electrons. The fourth-order valence-corrected chi connectivity index (χ4v) is 2.59. The van der Waals surface area contributed by atoms with Crippen molar-refractivity contribution in [1.82, 2.24) is 0 Å². The van der Waals surface area contributed by atoms with Crippen LogP contribution in [0.1, 0.15) is 40.5 Å². The first-order chi connectivity index (χ1) is 6.20. The molecule has 0 aromatic heterocycles. The molecule has 4 heteroatoms. The molecule has 0 spiro atoms. The molecule has 0 aliphatic carbocycles. The van der Waals surface area contributed by atoms with Crippen molar-refractivity contribution in [2.45, 2.75) is 45.3 Å². The highest BCUT2D eigenvalue weighted by molar-refractivity contribution is 7.92. The highest BCUT2D eigenvalue weighted by Gasteiger charge is 2.29. The maximum absolute atomic E-state index is 11.8. The van der Waals surface area contributed by atoms with E-state index in [-0.39, 0.29) is 11.7 Å². The quantitative estimate of drug-likeness (QED) is 0.766. The second-order valence-corrected chi connectivity index (χ2v) is 7.72. The maximum atomic E-state index is 11.8. The Bertz CT molecular complexity index is 252. The third-order valence-corrected chi connectivity index (χ3v) is 5.21. The zero-order chi connectivity index (χ0) is 11.4. The number of hydrogen-bond acceptors (Lipinski definition) is 3. The van der Waals surface area contributed by atoms with Gasteiger partial charge in [0.05, 0.1) is 10.5 Å². The number of sulfone groups is 1. The Morgan fingerprint density at radius 2 is 1.79 bits per heavy atom. The van der Waals surface area contributed by atoms with Crippen LogP contribution in [0.3, 0.4) is 0 Å². The van der Waals surface area contributed by atoms with Crippen LogP contribution in [-0.2, 0) is 9.84 Å². The molecule has 0 amide bonds. The van der Waals surface area contributed by atoms with Crippen LogP contribution in [0.5, 0.6) is 0 Å². The first-order valence-electron chi connectivity index (χ1n) is 5.13. The second-order valence-electron chi connectivity index (χ2n) is 4.93. The van der Waals surface area contributed by atoms with Gasteiger partial charge in [0, 0.05) is 0 Å². The van der Waals surface area contributed by atoms with Crippen LogP contribution < -0.4 is 5.73 Å². The molecular weight excluding hydrogens is 198 g/mol. The molecule has 1 unspecified atom stereocenters. The Morgan fingerprint density at radius 3 is 2.14 bits per heavy atom. The average Bonchev–Trinajstić information content (AvgIpc) is 1.97. The van der Waals surface area contributed by atoms with Crippen molar-refractivity contribution in [2.75, 3.05) is 12.3 Å². The van der Waals surface area contributed by atoms with Gasteiger partial charge in [0.15, 0.2) is 9.84 Å². The van der Waals surface area contributed by atoms with Crippen molar-refractivity contribution in [3.05, 3.63) is 0 Å². The molecule has 0 rings (SSSR count). The van der Waals surface area contributed by atoms with Gasteiger partial charge in [-0.15, -0.1) is 0 Å². The van der Waals surface area contributed by atoms with Gasteiger partial charge in [-0.2, -0.15) is 0 Å². The molecule has 0 fully saturated rings. The van der Waals surface area contributed by atoms with Gasteiger partial charge in [-0.1, -0.05) is 6.92 Å². The zero-order valence-corrected chi connectivity index (χ0v) is 10.5. The van der Waals surface area contributed by atoms with Crippen LogP contribution in [0.25, 0.3) is 0 Å². The molecule has 0 saturated heterocycles. The summed E-state index contributed by atoms with van der Waals surface area (Å²) in [6.45, 7) is 7.85. The Hall–Kier alpha value is -0.0900. The van der Waals surface area contributed by atoms with Gasteiger partial charge < -0.3 is 5.73 Å². The van der Waals surface area contributed by atoms with E-state index >= 15 is 0 Å². The Balaban J connectivity index is 4.24. The van der Waals surface area contributed by atoms with Crippen LogP contribution in [0.15, 0.2) is 0 Å². The molecule has 0 aromatic carbocycles. The van der Waals surface area contributed by atoms with Gasteiger partial charge in [-0.3, -0.25) is 0 Å². The molecule has 3 nitrogen and oxygen atoms in total. The summed E-state index contributed by atoms with van der Waals surface area (Å²) in [6.07, 6.45) is 1.80. The molecule has 0 bridgehead atoms. The van der Waals surface area contributed by atoms with E-state index in [2.05, 4.69) is 0 Å². The van der Waals surface area contributed by atoms with E-state index in [1.165, 1.54) is 0 Å². The summed E-state index contributed by atoms with van der Waals surface area (Å²) in [5.41, 5.74) is 5.38. The van der Waals surface area contributed by atoms with E-state index in [0.717, 1.165) is 12.8 Å². The Labute approximate surface area is 88.0 Å². The molecule has 0 aromatic rings. The summed E-state index contributed by atoms with van der Waals surface area (Å²) in [7, 11) is -2.97. The molecule has 2 N–H and O–H groups in total. The third-order valence-electron chi connectivity index (χ3n) is 2.34. The molecule has 0 heterocycles. The lowest BCUT2D eigenvalue weighted by atomic mass is 10.1. The molecule has 1 atom stereocenters. The Kier molecular flexibility index (Phi) is 5.09. The van der Waals surface area contributed by atoms with Crippen molar-refractivity contribution in [3.63, 3.8) is 0 Å². The first-order valence-corrected chi connectivity index (χ1v) is 6.78. The monoisotopic (exact) mass is 221 g/mol. The molecule has 0 aliphatic heterocycles. The van der Waals surface area contributed by atoms with Gasteiger partial charge in [0.1, 0.15) is 0 Å². The highest BCUT2D eigenvalue weighted by Crippen LogP contribution is 2.20. The van der Waals surface area contributed by atoms with Crippen molar-refractivity contribution < 1.29 is 8.42 Å². The van der Waals surface area contributed by atoms with Crippen molar-refractivity contribution in [2.24, 2.45) is 11.7 Å². The van der Waals surface area contributed by atoms with Crippen molar-refractivity contribution in [3.8, 4) is 0 Å². The second kappa shape index (κ2) is 5.12. The van der Waals surface area contributed by atoms with E-state index in [4.69, 9.17) is 5.73 Å². The molecular formula is C10H23NO2S.